The van der Waals surface area contributed by atoms with Gasteiger partial charge in [0.25, 0.3) is 0 Å². The number of halogens is 1. The predicted molar refractivity (Wildman–Crippen MR) is 51.0 cm³/mol. The zero-order valence-corrected chi connectivity index (χ0v) is 8.13. The van der Waals surface area contributed by atoms with E-state index < -0.39 is 0 Å². The van der Waals surface area contributed by atoms with Gasteiger partial charge in [-0.3, -0.25) is 0 Å². The highest BCUT2D eigenvalue weighted by Crippen LogP contribution is 2.14. The van der Waals surface area contributed by atoms with Gasteiger partial charge in [0.1, 0.15) is 5.82 Å². The highest BCUT2D eigenvalue weighted by Gasteiger charge is 2.06. The lowest BCUT2D eigenvalue weighted by molar-refractivity contribution is 0.140. The molecule has 0 saturated heterocycles. The minimum absolute atomic E-state index is 0.230. The Labute approximate surface area is 82.6 Å². The van der Waals surface area contributed by atoms with Gasteiger partial charge in [-0.25, -0.2) is 10.3 Å². The van der Waals surface area contributed by atoms with Gasteiger partial charge in [-0.05, 0) is 5.56 Å². The van der Waals surface area contributed by atoms with Gasteiger partial charge in [0, 0.05) is 19.1 Å². The lowest BCUT2D eigenvalue weighted by Crippen LogP contribution is -2.06. The Morgan fingerprint density at radius 2 is 2.07 bits per heavy atom. The van der Waals surface area contributed by atoms with Crippen LogP contribution in [0.2, 0.25) is 0 Å². The summed E-state index contributed by atoms with van der Waals surface area (Å²) in [7, 11) is 1.54. The van der Waals surface area contributed by atoms with Crippen molar-refractivity contribution in [3.63, 3.8) is 0 Å². The van der Waals surface area contributed by atoms with Crippen molar-refractivity contribution in [3.05, 3.63) is 35.1 Å². The van der Waals surface area contributed by atoms with E-state index in [1.54, 1.807) is 18.2 Å². The number of nitrogens with two attached hydrogens (primary N) is 1. The predicted octanol–water partition coefficient (Wildman–Crippen LogP) is 1.40. The molecule has 0 fully saturated rings. The molecule has 0 atom stereocenters. The summed E-state index contributed by atoms with van der Waals surface area (Å²) < 4.78 is 18.5. The van der Waals surface area contributed by atoms with E-state index in [0.717, 1.165) is 0 Å². The van der Waals surface area contributed by atoms with Gasteiger partial charge in [-0.1, -0.05) is 18.2 Å². The molecule has 4 heteroatoms. The van der Waals surface area contributed by atoms with Crippen molar-refractivity contribution in [2.45, 2.75) is 13.0 Å². The lowest BCUT2D eigenvalue weighted by atomic mass is 10.1. The maximum Gasteiger partial charge on any atom is 0.131 e. The summed E-state index contributed by atoms with van der Waals surface area (Å²) in [4.78, 5) is 4.40. The Balaban J connectivity index is 2.78. The van der Waals surface area contributed by atoms with Crippen LogP contribution in [0.4, 0.5) is 4.39 Å². The Bertz CT molecular complexity index is 291. The zero-order valence-electron chi connectivity index (χ0n) is 8.13. The van der Waals surface area contributed by atoms with Crippen LogP contribution >= 0.6 is 0 Å². The van der Waals surface area contributed by atoms with Crippen LogP contribution in [0.1, 0.15) is 11.1 Å². The molecule has 0 amide bonds. The van der Waals surface area contributed by atoms with Crippen molar-refractivity contribution in [2.24, 2.45) is 5.90 Å². The average Bonchev–Trinajstić information content (AvgIpc) is 2.20. The van der Waals surface area contributed by atoms with Crippen LogP contribution in [-0.4, -0.2) is 13.7 Å². The van der Waals surface area contributed by atoms with E-state index in [0.29, 0.717) is 24.2 Å². The summed E-state index contributed by atoms with van der Waals surface area (Å²) in [5, 5.41) is 0. The van der Waals surface area contributed by atoms with E-state index in [9.17, 15) is 4.39 Å². The fraction of sp³-hybridized carbons (Fsp3) is 0.400. The molecule has 1 rings (SSSR count). The van der Waals surface area contributed by atoms with Gasteiger partial charge >= 0.3 is 0 Å². The Kier molecular flexibility index (Phi) is 4.52. The molecule has 1 aromatic carbocycles. The maximum absolute atomic E-state index is 13.6. The summed E-state index contributed by atoms with van der Waals surface area (Å²) >= 11 is 0. The molecule has 3 nitrogen and oxygen atoms in total. The minimum Gasteiger partial charge on any atom is -0.380 e. The smallest absolute Gasteiger partial charge is 0.131 e. The number of hydrogen-bond donors (Lipinski definition) is 1. The second-order valence-electron chi connectivity index (χ2n) is 2.94. The fourth-order valence-corrected chi connectivity index (χ4v) is 1.26. The van der Waals surface area contributed by atoms with Gasteiger partial charge in [-0.2, -0.15) is 0 Å². The van der Waals surface area contributed by atoms with Gasteiger partial charge < -0.3 is 9.57 Å². The van der Waals surface area contributed by atoms with Crippen molar-refractivity contribution in [1.29, 1.82) is 0 Å². The van der Waals surface area contributed by atoms with Crippen molar-refractivity contribution in [1.82, 2.24) is 0 Å². The molecule has 2 N–H and O–H groups in total. The number of methoxy groups -OCH3 is 1. The maximum atomic E-state index is 13.6. The second-order valence-corrected chi connectivity index (χ2v) is 2.94. The Morgan fingerprint density at radius 3 is 2.71 bits per heavy atom. The van der Waals surface area contributed by atoms with Crippen molar-refractivity contribution in [3.8, 4) is 0 Å². The van der Waals surface area contributed by atoms with E-state index in [4.69, 9.17) is 10.6 Å². The summed E-state index contributed by atoms with van der Waals surface area (Å²) in [6.07, 6.45) is 0.472. The first kappa shape index (κ1) is 11.1. The molecule has 14 heavy (non-hydrogen) atoms. The highest BCUT2D eigenvalue weighted by atomic mass is 19.1. The number of rotatable bonds is 5. The number of ether oxygens (including phenoxy) is 1. The van der Waals surface area contributed by atoms with E-state index in [1.165, 1.54) is 7.11 Å². The average molecular weight is 199 g/mol. The van der Waals surface area contributed by atoms with Gasteiger partial charge in [0.05, 0.1) is 13.2 Å². The largest absolute Gasteiger partial charge is 0.380 e. The van der Waals surface area contributed by atoms with Crippen LogP contribution in [0, 0.1) is 5.82 Å². The van der Waals surface area contributed by atoms with Crippen molar-refractivity contribution in [2.75, 3.05) is 13.7 Å². The molecule has 0 bridgehead atoms. The first-order valence-electron chi connectivity index (χ1n) is 4.36. The molecule has 0 aliphatic rings. The zero-order chi connectivity index (χ0) is 10.4. The van der Waals surface area contributed by atoms with Crippen LogP contribution in [0.5, 0.6) is 0 Å². The van der Waals surface area contributed by atoms with Crippen molar-refractivity contribution < 1.29 is 14.0 Å². The van der Waals surface area contributed by atoms with Gasteiger partial charge in [0.15, 0.2) is 0 Å². The van der Waals surface area contributed by atoms with E-state index in [1.807, 2.05) is 0 Å². The van der Waals surface area contributed by atoms with Gasteiger partial charge in [-0.15, -0.1) is 0 Å². The molecule has 78 valence electrons. The standard InChI is InChI=1S/C10H14FNO2/c1-13-7-9-4-2-3-8(10(9)11)5-6-14-12/h2-4H,5-7,12H2,1H3. The molecular formula is C10H14FNO2. The van der Waals surface area contributed by atoms with E-state index >= 15 is 0 Å². The molecule has 0 heterocycles. The third-order valence-corrected chi connectivity index (χ3v) is 1.95. The quantitative estimate of drug-likeness (QED) is 0.729. The van der Waals surface area contributed by atoms with Crippen LogP contribution < -0.4 is 5.90 Å². The number of hydrogen-bond acceptors (Lipinski definition) is 3. The molecular weight excluding hydrogens is 185 g/mol. The van der Waals surface area contributed by atoms with E-state index in [2.05, 4.69) is 4.84 Å². The first-order chi connectivity index (χ1) is 6.79. The Hall–Kier alpha value is -0.970. The summed E-state index contributed by atoms with van der Waals surface area (Å²) in [5.74, 6) is 4.65. The normalized spacial score (nSPS) is 10.5. The van der Waals surface area contributed by atoms with Crippen LogP contribution in [-0.2, 0) is 22.6 Å². The first-order valence-corrected chi connectivity index (χ1v) is 4.36. The molecule has 0 aliphatic carbocycles. The van der Waals surface area contributed by atoms with Crippen molar-refractivity contribution >= 4 is 0 Å². The molecule has 0 unspecified atom stereocenters. The van der Waals surface area contributed by atoms with E-state index in [-0.39, 0.29) is 12.4 Å². The van der Waals surface area contributed by atoms with Gasteiger partial charge in [0.2, 0.25) is 0 Å². The molecule has 0 aromatic heterocycles. The molecule has 0 radical (unpaired) electrons. The highest BCUT2D eigenvalue weighted by molar-refractivity contribution is 5.25. The summed E-state index contributed by atoms with van der Waals surface area (Å²) in [6.45, 7) is 0.594. The minimum atomic E-state index is -0.230. The van der Waals surface area contributed by atoms with Crippen LogP contribution in [0.3, 0.4) is 0 Å². The SMILES string of the molecule is COCc1cccc(CCON)c1F. The molecule has 0 spiro atoms. The third-order valence-electron chi connectivity index (χ3n) is 1.95. The lowest BCUT2D eigenvalue weighted by Gasteiger charge is -2.06. The number of benzene rings is 1. The molecule has 0 saturated carbocycles. The summed E-state index contributed by atoms with van der Waals surface area (Å²) in [6, 6.07) is 5.21. The third kappa shape index (κ3) is 2.77. The Morgan fingerprint density at radius 1 is 1.36 bits per heavy atom. The second kappa shape index (κ2) is 5.70. The summed E-state index contributed by atoms with van der Waals surface area (Å²) in [5.41, 5.74) is 1.16. The molecule has 0 aliphatic heterocycles. The van der Waals surface area contributed by atoms with Crippen LogP contribution in [0.15, 0.2) is 18.2 Å². The van der Waals surface area contributed by atoms with Crippen LogP contribution in [0.25, 0.3) is 0 Å². The molecule has 1 aromatic rings. The monoisotopic (exact) mass is 199 g/mol. The fourth-order valence-electron chi connectivity index (χ4n) is 1.26. The topological polar surface area (TPSA) is 44.5 Å².